The molecular formula is C15H16N2O2. The zero-order chi connectivity index (χ0) is 13.1. The molecule has 2 heterocycles. The second-order valence-electron chi connectivity index (χ2n) is 4.70. The monoisotopic (exact) mass is 256 g/mol. The largest absolute Gasteiger partial charge is 0.477 e. The molecule has 0 amide bonds. The molecule has 3 rings (SSSR count). The van der Waals surface area contributed by atoms with E-state index >= 15 is 0 Å². The minimum atomic E-state index is 0.0593. The maximum atomic E-state index is 9.45. The summed E-state index contributed by atoms with van der Waals surface area (Å²) in [5.41, 5.74) is 1.88. The van der Waals surface area contributed by atoms with E-state index < -0.39 is 0 Å². The van der Waals surface area contributed by atoms with Crippen LogP contribution in [0.4, 0.5) is 0 Å². The first-order valence-electron chi connectivity index (χ1n) is 6.55. The Morgan fingerprint density at radius 1 is 1.16 bits per heavy atom. The van der Waals surface area contributed by atoms with Gasteiger partial charge in [-0.15, -0.1) is 0 Å². The zero-order valence-corrected chi connectivity index (χ0v) is 10.7. The molecule has 0 spiro atoms. The van der Waals surface area contributed by atoms with E-state index in [1.807, 2.05) is 30.3 Å². The smallest absolute Gasteiger partial charge is 0.204 e. The van der Waals surface area contributed by atoms with Crippen molar-refractivity contribution in [1.82, 2.24) is 4.90 Å². The van der Waals surface area contributed by atoms with Crippen molar-refractivity contribution in [2.75, 3.05) is 32.9 Å². The number of hydrogen-bond acceptors (Lipinski definition) is 4. The highest BCUT2D eigenvalue weighted by atomic mass is 16.5. The SMILES string of the molecule is N#CC1=C(N2CCOCC2)OCC1c1ccccc1. The summed E-state index contributed by atoms with van der Waals surface area (Å²) in [5, 5.41) is 9.45. The van der Waals surface area contributed by atoms with Gasteiger partial charge < -0.3 is 14.4 Å². The minimum absolute atomic E-state index is 0.0593. The van der Waals surface area contributed by atoms with Gasteiger partial charge in [-0.05, 0) is 5.56 Å². The normalized spacial score (nSPS) is 23.1. The van der Waals surface area contributed by atoms with Gasteiger partial charge in [-0.1, -0.05) is 30.3 Å². The van der Waals surface area contributed by atoms with Crippen LogP contribution in [0.15, 0.2) is 41.8 Å². The molecule has 19 heavy (non-hydrogen) atoms. The van der Waals surface area contributed by atoms with Crippen molar-refractivity contribution in [2.24, 2.45) is 0 Å². The fourth-order valence-electron chi connectivity index (χ4n) is 2.57. The molecule has 0 aromatic heterocycles. The summed E-state index contributed by atoms with van der Waals surface area (Å²) in [5.74, 6) is 0.809. The highest BCUT2D eigenvalue weighted by Crippen LogP contribution is 2.35. The molecule has 0 aliphatic carbocycles. The van der Waals surface area contributed by atoms with E-state index in [1.54, 1.807) is 0 Å². The third-order valence-electron chi connectivity index (χ3n) is 3.59. The van der Waals surface area contributed by atoms with E-state index in [2.05, 4.69) is 11.0 Å². The van der Waals surface area contributed by atoms with Crippen LogP contribution in [0.3, 0.4) is 0 Å². The summed E-state index contributed by atoms with van der Waals surface area (Å²) < 4.78 is 11.1. The third kappa shape index (κ3) is 2.29. The Kier molecular flexibility index (Phi) is 3.39. The van der Waals surface area contributed by atoms with Crippen molar-refractivity contribution in [3.8, 4) is 6.07 Å². The van der Waals surface area contributed by atoms with Crippen molar-refractivity contribution in [2.45, 2.75) is 5.92 Å². The lowest BCUT2D eigenvalue weighted by atomic mass is 9.94. The highest BCUT2D eigenvalue weighted by molar-refractivity contribution is 5.40. The molecule has 1 atom stereocenters. The van der Waals surface area contributed by atoms with Crippen molar-refractivity contribution in [1.29, 1.82) is 5.26 Å². The fourth-order valence-corrected chi connectivity index (χ4v) is 2.57. The van der Waals surface area contributed by atoms with Crippen molar-refractivity contribution < 1.29 is 9.47 Å². The standard InChI is InChI=1S/C15H16N2O2/c16-10-13-14(12-4-2-1-3-5-12)11-19-15(13)17-6-8-18-9-7-17/h1-5,14H,6-9,11H2. The van der Waals surface area contributed by atoms with Crippen LogP contribution in [0, 0.1) is 11.3 Å². The van der Waals surface area contributed by atoms with Crippen LogP contribution < -0.4 is 0 Å². The molecule has 2 aliphatic heterocycles. The summed E-state index contributed by atoms with van der Waals surface area (Å²) in [6, 6.07) is 12.4. The van der Waals surface area contributed by atoms with E-state index in [-0.39, 0.29) is 5.92 Å². The molecule has 0 radical (unpaired) electrons. The summed E-state index contributed by atoms with van der Waals surface area (Å²) in [7, 11) is 0. The molecule has 1 saturated heterocycles. The first kappa shape index (κ1) is 12.1. The molecule has 0 saturated carbocycles. The molecular weight excluding hydrogens is 240 g/mol. The Morgan fingerprint density at radius 3 is 2.58 bits per heavy atom. The summed E-state index contributed by atoms with van der Waals surface area (Å²) in [4.78, 5) is 2.12. The maximum Gasteiger partial charge on any atom is 0.204 e. The molecule has 1 unspecified atom stereocenters. The van der Waals surface area contributed by atoms with Gasteiger partial charge in [0, 0.05) is 13.1 Å². The number of morpholine rings is 1. The molecule has 1 aromatic carbocycles. The lowest BCUT2D eigenvalue weighted by Crippen LogP contribution is -2.36. The Bertz CT molecular complexity index is 513. The first-order chi connectivity index (χ1) is 9.40. The fraction of sp³-hybridized carbons (Fsp3) is 0.400. The van der Waals surface area contributed by atoms with Gasteiger partial charge in [0.1, 0.15) is 18.2 Å². The summed E-state index contributed by atoms with van der Waals surface area (Å²) >= 11 is 0. The number of hydrogen-bond donors (Lipinski definition) is 0. The van der Waals surface area contributed by atoms with Crippen molar-refractivity contribution >= 4 is 0 Å². The quantitative estimate of drug-likeness (QED) is 0.810. The number of nitriles is 1. The summed E-state index contributed by atoms with van der Waals surface area (Å²) in [6.45, 7) is 3.53. The van der Waals surface area contributed by atoms with Crippen LogP contribution in [-0.2, 0) is 9.47 Å². The van der Waals surface area contributed by atoms with E-state index in [1.165, 1.54) is 0 Å². The lowest BCUT2D eigenvalue weighted by Gasteiger charge is -2.28. The highest BCUT2D eigenvalue weighted by Gasteiger charge is 2.32. The van der Waals surface area contributed by atoms with E-state index in [4.69, 9.17) is 9.47 Å². The maximum absolute atomic E-state index is 9.45. The van der Waals surface area contributed by atoms with Crippen LogP contribution in [0.1, 0.15) is 11.5 Å². The minimum Gasteiger partial charge on any atom is -0.477 e. The molecule has 2 aliphatic rings. The molecule has 98 valence electrons. The molecule has 1 aromatic rings. The van der Waals surface area contributed by atoms with Crippen LogP contribution in [0.5, 0.6) is 0 Å². The Morgan fingerprint density at radius 2 is 1.89 bits per heavy atom. The Hall–Kier alpha value is -1.99. The number of rotatable bonds is 2. The topological polar surface area (TPSA) is 45.5 Å². The van der Waals surface area contributed by atoms with Gasteiger partial charge in [0.2, 0.25) is 5.88 Å². The third-order valence-corrected chi connectivity index (χ3v) is 3.59. The average molecular weight is 256 g/mol. The van der Waals surface area contributed by atoms with Gasteiger partial charge in [0.05, 0.1) is 19.1 Å². The molecule has 0 bridgehead atoms. The average Bonchev–Trinajstić information content (AvgIpc) is 2.93. The van der Waals surface area contributed by atoms with Crippen molar-refractivity contribution in [3.05, 3.63) is 47.4 Å². The van der Waals surface area contributed by atoms with Crippen LogP contribution in [-0.4, -0.2) is 37.8 Å². The number of ether oxygens (including phenoxy) is 2. The second kappa shape index (κ2) is 5.33. The van der Waals surface area contributed by atoms with E-state index in [0.717, 1.165) is 30.1 Å². The van der Waals surface area contributed by atoms with Gasteiger partial charge in [0.25, 0.3) is 0 Å². The molecule has 4 nitrogen and oxygen atoms in total. The van der Waals surface area contributed by atoms with E-state index in [9.17, 15) is 5.26 Å². The van der Waals surface area contributed by atoms with Crippen LogP contribution in [0.25, 0.3) is 0 Å². The predicted octanol–water partition coefficient (Wildman–Crippen LogP) is 1.87. The van der Waals surface area contributed by atoms with E-state index in [0.29, 0.717) is 19.8 Å². The number of benzene rings is 1. The zero-order valence-electron chi connectivity index (χ0n) is 10.7. The predicted molar refractivity (Wildman–Crippen MR) is 70.2 cm³/mol. The first-order valence-corrected chi connectivity index (χ1v) is 6.55. The molecule has 4 heteroatoms. The second-order valence-corrected chi connectivity index (χ2v) is 4.70. The Labute approximate surface area is 112 Å². The van der Waals surface area contributed by atoms with Gasteiger partial charge in [0.15, 0.2) is 0 Å². The summed E-state index contributed by atoms with van der Waals surface area (Å²) in [6.07, 6.45) is 0. The molecule has 0 N–H and O–H groups in total. The molecule has 1 fully saturated rings. The van der Waals surface area contributed by atoms with Gasteiger partial charge in [-0.25, -0.2) is 0 Å². The van der Waals surface area contributed by atoms with Crippen molar-refractivity contribution in [3.63, 3.8) is 0 Å². The number of nitrogens with zero attached hydrogens (tertiary/aromatic N) is 2. The van der Waals surface area contributed by atoms with Crippen LogP contribution >= 0.6 is 0 Å². The van der Waals surface area contributed by atoms with Gasteiger partial charge >= 0.3 is 0 Å². The Balaban J connectivity index is 1.89. The van der Waals surface area contributed by atoms with Crippen LogP contribution in [0.2, 0.25) is 0 Å². The lowest BCUT2D eigenvalue weighted by molar-refractivity contribution is 0.0203. The van der Waals surface area contributed by atoms with Gasteiger partial charge in [-0.2, -0.15) is 5.26 Å². The van der Waals surface area contributed by atoms with Gasteiger partial charge in [-0.3, -0.25) is 0 Å².